The molecule has 2 aromatic heterocycles. The van der Waals surface area contributed by atoms with Gasteiger partial charge in [-0.1, -0.05) is 127 Å². The minimum Gasteiger partial charge on any atom is -0.310 e. The Labute approximate surface area is 316 Å². The summed E-state index contributed by atoms with van der Waals surface area (Å²) in [6.45, 7) is 0. The third-order valence-corrected chi connectivity index (χ3v) is 11.9. The number of hydrogen-bond donors (Lipinski definition) is 0. The van der Waals surface area contributed by atoms with Gasteiger partial charge in [-0.15, -0.1) is 11.3 Å². The second-order valence-corrected chi connectivity index (χ2v) is 15.1. The number of rotatable bonds is 5. The number of hydrogen-bond acceptors (Lipinski definition) is 3. The third kappa shape index (κ3) is 5.21. The number of anilines is 3. The number of aromatic nitrogens is 1. The molecule has 0 spiro atoms. The number of benzene rings is 9. The first kappa shape index (κ1) is 30.8. The third-order valence-electron chi connectivity index (χ3n) is 10.8. The number of pyridine rings is 1. The summed E-state index contributed by atoms with van der Waals surface area (Å²) in [5.74, 6) is 0. The van der Waals surface area contributed by atoms with Crippen LogP contribution < -0.4 is 4.90 Å². The Hall–Kier alpha value is -6.81. The van der Waals surface area contributed by atoms with Crippen molar-refractivity contribution in [3.63, 3.8) is 0 Å². The van der Waals surface area contributed by atoms with Gasteiger partial charge in [-0.25, -0.2) is 4.98 Å². The zero-order valence-electron chi connectivity index (χ0n) is 29.3. The van der Waals surface area contributed by atoms with Crippen molar-refractivity contribution < 1.29 is 0 Å². The first-order chi connectivity index (χ1) is 26.7. The van der Waals surface area contributed by atoms with Crippen LogP contribution in [0.4, 0.5) is 17.1 Å². The van der Waals surface area contributed by atoms with Gasteiger partial charge in [-0.2, -0.15) is 0 Å². The maximum Gasteiger partial charge on any atom is 0.0896 e. The Morgan fingerprint density at radius 3 is 1.65 bits per heavy atom. The van der Waals surface area contributed by atoms with E-state index >= 15 is 0 Å². The van der Waals surface area contributed by atoms with E-state index in [1.54, 1.807) is 0 Å². The summed E-state index contributed by atoms with van der Waals surface area (Å²) >= 11 is 1.81. The van der Waals surface area contributed by atoms with Crippen LogP contribution in [0.15, 0.2) is 194 Å². The normalized spacial score (nSPS) is 11.7. The van der Waals surface area contributed by atoms with Crippen LogP contribution in [0.2, 0.25) is 0 Å². The lowest BCUT2D eigenvalue weighted by molar-refractivity contribution is 1.29. The molecule has 0 bridgehead atoms. The molecule has 2 heterocycles. The summed E-state index contributed by atoms with van der Waals surface area (Å²) in [5, 5.41) is 9.95. The van der Waals surface area contributed by atoms with Crippen molar-refractivity contribution in [3.8, 4) is 22.3 Å². The van der Waals surface area contributed by atoms with Crippen molar-refractivity contribution in [3.05, 3.63) is 194 Å². The van der Waals surface area contributed by atoms with Crippen LogP contribution in [0.3, 0.4) is 0 Å². The average molecular weight is 705 g/mol. The van der Waals surface area contributed by atoms with Crippen LogP contribution in [0, 0.1) is 0 Å². The molecule has 0 N–H and O–H groups in total. The van der Waals surface area contributed by atoms with Crippen molar-refractivity contribution in [2.24, 2.45) is 0 Å². The standard InChI is InChI=1S/C51H32N2S/c1-2-9-38-29-39(17-13-33(38)7-1)34-19-23-42(24-20-34)53(44-27-28-46-49(32-44)54-50-31-41-10-4-6-12-48(41)52-51(46)50)43-25-21-35(22-26-43)40-18-16-37-15-14-36-8-3-5-11-45(36)47(37)30-40/h1-32H. The first-order valence-electron chi connectivity index (χ1n) is 18.4. The largest absolute Gasteiger partial charge is 0.310 e. The molecule has 11 aromatic rings. The molecule has 0 amide bonds. The van der Waals surface area contributed by atoms with E-state index in [1.165, 1.54) is 74.7 Å². The van der Waals surface area contributed by atoms with E-state index in [1.807, 2.05) is 11.3 Å². The Balaban J connectivity index is 1.02. The summed E-state index contributed by atoms with van der Waals surface area (Å²) in [5.41, 5.74) is 10.2. The van der Waals surface area contributed by atoms with Crippen LogP contribution in [0.5, 0.6) is 0 Å². The smallest absolute Gasteiger partial charge is 0.0896 e. The van der Waals surface area contributed by atoms with Gasteiger partial charge in [-0.05, 0) is 121 Å². The molecule has 0 radical (unpaired) electrons. The van der Waals surface area contributed by atoms with Crippen molar-refractivity contribution >= 4 is 91.9 Å². The van der Waals surface area contributed by atoms with E-state index in [9.17, 15) is 0 Å². The van der Waals surface area contributed by atoms with Gasteiger partial charge in [-0.3, -0.25) is 0 Å². The van der Waals surface area contributed by atoms with Crippen LogP contribution in [-0.4, -0.2) is 4.98 Å². The van der Waals surface area contributed by atoms with Crippen molar-refractivity contribution in [2.45, 2.75) is 0 Å². The van der Waals surface area contributed by atoms with E-state index in [2.05, 4.69) is 199 Å². The molecule has 0 atom stereocenters. The van der Waals surface area contributed by atoms with E-state index in [0.29, 0.717) is 0 Å². The lowest BCUT2D eigenvalue weighted by Gasteiger charge is -2.26. The quantitative estimate of drug-likeness (QED) is 0.166. The summed E-state index contributed by atoms with van der Waals surface area (Å²) in [4.78, 5) is 7.46. The lowest BCUT2D eigenvalue weighted by Crippen LogP contribution is -2.09. The molecular weight excluding hydrogens is 673 g/mol. The molecule has 3 heteroatoms. The fourth-order valence-corrected chi connectivity index (χ4v) is 9.15. The minimum atomic E-state index is 1.03. The molecule has 11 rings (SSSR count). The predicted molar refractivity (Wildman–Crippen MR) is 233 cm³/mol. The molecule has 0 aliphatic carbocycles. The average Bonchev–Trinajstić information content (AvgIpc) is 3.59. The highest BCUT2D eigenvalue weighted by Crippen LogP contribution is 2.42. The van der Waals surface area contributed by atoms with Gasteiger partial charge in [0.25, 0.3) is 0 Å². The minimum absolute atomic E-state index is 1.03. The van der Waals surface area contributed by atoms with Crippen molar-refractivity contribution in [1.29, 1.82) is 0 Å². The van der Waals surface area contributed by atoms with Gasteiger partial charge in [0.15, 0.2) is 0 Å². The second kappa shape index (κ2) is 12.4. The molecule has 2 nitrogen and oxygen atoms in total. The number of para-hydroxylation sites is 1. The molecule has 0 unspecified atom stereocenters. The Morgan fingerprint density at radius 2 is 0.889 bits per heavy atom. The highest BCUT2D eigenvalue weighted by Gasteiger charge is 2.17. The fourth-order valence-electron chi connectivity index (χ4n) is 8.02. The van der Waals surface area contributed by atoms with Crippen LogP contribution in [0.25, 0.3) is 85.8 Å². The topological polar surface area (TPSA) is 16.1 Å². The SMILES string of the molecule is c1ccc2cc(-c3ccc(N(c4ccc(-c5ccc6ccc7ccccc7c6c5)cc4)c4ccc5c(c4)sc4cc6ccccc6nc45)cc3)ccc2c1. The van der Waals surface area contributed by atoms with Gasteiger partial charge in [0.1, 0.15) is 0 Å². The molecular formula is C51H32N2S. The van der Waals surface area contributed by atoms with E-state index in [0.717, 1.165) is 28.1 Å². The maximum absolute atomic E-state index is 5.08. The highest BCUT2D eigenvalue weighted by molar-refractivity contribution is 7.25. The Morgan fingerprint density at radius 1 is 0.333 bits per heavy atom. The summed E-state index contributed by atoms with van der Waals surface area (Å²) in [7, 11) is 0. The summed E-state index contributed by atoms with van der Waals surface area (Å²) < 4.78 is 2.43. The molecule has 54 heavy (non-hydrogen) atoms. The number of thiophene rings is 1. The van der Waals surface area contributed by atoms with E-state index in [4.69, 9.17) is 4.98 Å². The number of nitrogens with zero attached hydrogens (tertiary/aromatic N) is 2. The first-order valence-corrected chi connectivity index (χ1v) is 19.2. The van der Waals surface area contributed by atoms with Crippen LogP contribution >= 0.6 is 11.3 Å². The zero-order chi connectivity index (χ0) is 35.6. The predicted octanol–water partition coefficient (Wildman–Crippen LogP) is 14.9. The zero-order valence-corrected chi connectivity index (χ0v) is 30.1. The molecule has 0 fully saturated rings. The molecule has 0 aliphatic rings. The van der Waals surface area contributed by atoms with Gasteiger partial charge in [0.05, 0.1) is 15.7 Å². The van der Waals surface area contributed by atoms with E-state index in [-0.39, 0.29) is 0 Å². The summed E-state index contributed by atoms with van der Waals surface area (Å²) in [6.07, 6.45) is 0. The monoisotopic (exact) mass is 704 g/mol. The molecule has 0 aliphatic heterocycles. The Bertz CT molecular complexity index is 3210. The van der Waals surface area contributed by atoms with E-state index < -0.39 is 0 Å². The lowest BCUT2D eigenvalue weighted by atomic mass is 9.97. The number of fused-ring (bicyclic) bond motifs is 8. The van der Waals surface area contributed by atoms with Crippen molar-refractivity contribution in [2.75, 3.05) is 4.90 Å². The fraction of sp³-hybridized carbons (Fsp3) is 0. The van der Waals surface area contributed by atoms with Gasteiger partial charge >= 0.3 is 0 Å². The van der Waals surface area contributed by atoms with Crippen LogP contribution in [0.1, 0.15) is 0 Å². The molecule has 252 valence electrons. The second-order valence-electron chi connectivity index (χ2n) is 14.0. The highest BCUT2D eigenvalue weighted by atomic mass is 32.1. The molecule has 0 saturated heterocycles. The Kier molecular flexibility index (Phi) is 7.07. The van der Waals surface area contributed by atoms with Gasteiger partial charge < -0.3 is 4.90 Å². The van der Waals surface area contributed by atoms with Gasteiger partial charge in [0, 0.05) is 32.5 Å². The molecule has 0 saturated carbocycles. The summed E-state index contributed by atoms with van der Waals surface area (Å²) in [6, 6.07) is 70.6. The molecule has 9 aromatic carbocycles. The van der Waals surface area contributed by atoms with Crippen LogP contribution in [-0.2, 0) is 0 Å². The van der Waals surface area contributed by atoms with Gasteiger partial charge in [0.2, 0.25) is 0 Å². The van der Waals surface area contributed by atoms with Crippen molar-refractivity contribution in [1.82, 2.24) is 4.98 Å². The maximum atomic E-state index is 5.08.